The molecule has 1 heterocycles. The van der Waals surface area contributed by atoms with Crippen LogP contribution in [0.5, 0.6) is 0 Å². The second kappa shape index (κ2) is 6.91. The van der Waals surface area contributed by atoms with Crippen molar-refractivity contribution in [3.8, 4) is 0 Å². The van der Waals surface area contributed by atoms with E-state index < -0.39 is 0 Å². The van der Waals surface area contributed by atoms with Gasteiger partial charge in [0.15, 0.2) is 0 Å². The standard InChI is InChI=1S/C15H20ClN3O2/c1-12(20)19(14-5-3-4-13(16)10-14)11-15(21)18-8-6-17(2)7-9-18/h3-5,10H,6-9,11H2,1-2H3. The Morgan fingerprint density at radius 3 is 2.48 bits per heavy atom. The molecule has 2 amide bonds. The molecule has 2 rings (SSSR count). The highest BCUT2D eigenvalue weighted by Crippen LogP contribution is 2.20. The van der Waals surface area contributed by atoms with Gasteiger partial charge in [-0.3, -0.25) is 9.59 Å². The maximum atomic E-state index is 12.4. The first-order valence-corrected chi connectivity index (χ1v) is 7.35. The molecule has 1 fully saturated rings. The molecule has 0 aromatic heterocycles. The van der Waals surface area contributed by atoms with Gasteiger partial charge >= 0.3 is 0 Å². The Morgan fingerprint density at radius 1 is 1.24 bits per heavy atom. The van der Waals surface area contributed by atoms with Gasteiger partial charge in [0, 0.05) is 43.8 Å². The number of hydrogen-bond donors (Lipinski definition) is 0. The van der Waals surface area contributed by atoms with Crippen LogP contribution in [0.2, 0.25) is 5.02 Å². The largest absolute Gasteiger partial charge is 0.339 e. The van der Waals surface area contributed by atoms with E-state index in [0.29, 0.717) is 23.8 Å². The van der Waals surface area contributed by atoms with Gasteiger partial charge in [-0.2, -0.15) is 0 Å². The van der Waals surface area contributed by atoms with Gasteiger partial charge in [0.1, 0.15) is 6.54 Å². The number of nitrogens with zero attached hydrogens (tertiary/aromatic N) is 3. The molecule has 114 valence electrons. The van der Waals surface area contributed by atoms with Crippen LogP contribution in [0.3, 0.4) is 0 Å². The van der Waals surface area contributed by atoms with Crippen LogP contribution in [0.4, 0.5) is 5.69 Å². The number of halogens is 1. The van der Waals surface area contributed by atoms with Crippen LogP contribution in [0.15, 0.2) is 24.3 Å². The number of anilines is 1. The molecule has 0 N–H and O–H groups in total. The molecule has 0 spiro atoms. The van der Waals surface area contributed by atoms with E-state index in [0.717, 1.165) is 13.1 Å². The minimum atomic E-state index is -0.167. The summed E-state index contributed by atoms with van der Waals surface area (Å²) in [7, 11) is 2.04. The summed E-state index contributed by atoms with van der Waals surface area (Å²) in [5.74, 6) is -0.196. The normalized spacial score (nSPS) is 15.9. The van der Waals surface area contributed by atoms with Gasteiger partial charge in [-0.1, -0.05) is 17.7 Å². The Labute approximate surface area is 130 Å². The lowest BCUT2D eigenvalue weighted by Gasteiger charge is -2.33. The second-order valence-electron chi connectivity index (χ2n) is 5.27. The molecule has 0 bridgehead atoms. The van der Waals surface area contributed by atoms with Crippen LogP contribution in [-0.2, 0) is 9.59 Å². The lowest BCUT2D eigenvalue weighted by molar-refractivity contribution is -0.132. The molecule has 0 radical (unpaired) electrons. The predicted molar refractivity (Wildman–Crippen MR) is 83.6 cm³/mol. The van der Waals surface area contributed by atoms with Crippen molar-refractivity contribution >= 4 is 29.1 Å². The maximum Gasteiger partial charge on any atom is 0.242 e. The van der Waals surface area contributed by atoms with E-state index in [9.17, 15) is 9.59 Å². The second-order valence-corrected chi connectivity index (χ2v) is 5.71. The third-order valence-electron chi connectivity index (χ3n) is 3.65. The summed E-state index contributed by atoms with van der Waals surface area (Å²) in [6.07, 6.45) is 0. The van der Waals surface area contributed by atoms with Gasteiger partial charge in [0.25, 0.3) is 0 Å². The molecule has 5 nitrogen and oxygen atoms in total. The Morgan fingerprint density at radius 2 is 1.90 bits per heavy atom. The quantitative estimate of drug-likeness (QED) is 0.849. The van der Waals surface area contributed by atoms with Crippen LogP contribution >= 0.6 is 11.6 Å². The number of hydrogen-bond acceptors (Lipinski definition) is 3. The number of likely N-dealkylation sites (N-methyl/N-ethyl adjacent to an activating group) is 1. The molecule has 1 aromatic rings. The summed E-state index contributed by atoms with van der Waals surface area (Å²) in [6.45, 7) is 4.65. The van der Waals surface area contributed by atoms with Crippen molar-refractivity contribution in [3.05, 3.63) is 29.3 Å². The number of carbonyl (C=O) groups is 2. The number of amides is 2. The zero-order valence-electron chi connectivity index (χ0n) is 12.4. The summed E-state index contributed by atoms with van der Waals surface area (Å²) in [4.78, 5) is 29.6. The molecular formula is C15H20ClN3O2. The molecule has 0 saturated carbocycles. The fourth-order valence-corrected chi connectivity index (χ4v) is 2.50. The fourth-order valence-electron chi connectivity index (χ4n) is 2.32. The molecule has 21 heavy (non-hydrogen) atoms. The highest BCUT2D eigenvalue weighted by Gasteiger charge is 2.23. The number of carbonyl (C=O) groups excluding carboxylic acids is 2. The number of rotatable bonds is 3. The summed E-state index contributed by atoms with van der Waals surface area (Å²) >= 11 is 5.96. The van der Waals surface area contributed by atoms with Crippen molar-refractivity contribution in [2.24, 2.45) is 0 Å². The SMILES string of the molecule is CC(=O)N(CC(=O)N1CCN(C)CC1)c1cccc(Cl)c1. The Hall–Kier alpha value is -1.59. The molecule has 1 aliphatic rings. The highest BCUT2D eigenvalue weighted by atomic mass is 35.5. The van der Waals surface area contributed by atoms with Gasteiger partial charge in [0.05, 0.1) is 0 Å². The van der Waals surface area contributed by atoms with Gasteiger partial charge < -0.3 is 14.7 Å². The van der Waals surface area contributed by atoms with Crippen LogP contribution in [0.25, 0.3) is 0 Å². The summed E-state index contributed by atoms with van der Waals surface area (Å²) in [5, 5.41) is 0.547. The minimum Gasteiger partial charge on any atom is -0.339 e. The zero-order valence-corrected chi connectivity index (χ0v) is 13.1. The van der Waals surface area contributed by atoms with Crippen LogP contribution in [0, 0.1) is 0 Å². The number of benzene rings is 1. The first kappa shape index (κ1) is 15.8. The van der Waals surface area contributed by atoms with E-state index in [1.54, 1.807) is 29.2 Å². The van der Waals surface area contributed by atoms with Crippen LogP contribution in [-0.4, -0.2) is 61.4 Å². The Bertz CT molecular complexity index is 527. The summed E-state index contributed by atoms with van der Waals surface area (Å²) in [6, 6.07) is 6.99. The van der Waals surface area contributed by atoms with Gasteiger partial charge in [-0.25, -0.2) is 0 Å². The molecule has 1 saturated heterocycles. The predicted octanol–water partition coefficient (Wildman–Crippen LogP) is 1.47. The van der Waals surface area contributed by atoms with E-state index in [1.807, 2.05) is 7.05 Å². The average molecular weight is 310 g/mol. The first-order chi connectivity index (χ1) is 9.97. The topological polar surface area (TPSA) is 43.9 Å². The van der Waals surface area contributed by atoms with Crippen molar-refractivity contribution in [1.82, 2.24) is 9.80 Å². The van der Waals surface area contributed by atoms with E-state index in [-0.39, 0.29) is 18.4 Å². The third kappa shape index (κ3) is 4.19. The van der Waals surface area contributed by atoms with E-state index >= 15 is 0 Å². The van der Waals surface area contributed by atoms with Crippen LogP contribution in [0.1, 0.15) is 6.92 Å². The Balaban J connectivity index is 2.06. The van der Waals surface area contributed by atoms with E-state index in [2.05, 4.69) is 4.90 Å². The van der Waals surface area contributed by atoms with Crippen molar-refractivity contribution in [1.29, 1.82) is 0 Å². The monoisotopic (exact) mass is 309 g/mol. The zero-order chi connectivity index (χ0) is 15.4. The summed E-state index contributed by atoms with van der Waals surface area (Å²) < 4.78 is 0. The van der Waals surface area contributed by atoms with Gasteiger partial charge in [-0.15, -0.1) is 0 Å². The molecule has 1 aliphatic heterocycles. The lowest BCUT2D eigenvalue weighted by atomic mass is 10.2. The fraction of sp³-hybridized carbons (Fsp3) is 0.467. The van der Waals surface area contributed by atoms with Gasteiger partial charge in [-0.05, 0) is 25.2 Å². The van der Waals surface area contributed by atoms with Crippen molar-refractivity contribution < 1.29 is 9.59 Å². The minimum absolute atomic E-state index is 0.0294. The average Bonchev–Trinajstić information content (AvgIpc) is 2.45. The molecular weight excluding hydrogens is 290 g/mol. The first-order valence-electron chi connectivity index (χ1n) is 6.97. The smallest absolute Gasteiger partial charge is 0.242 e. The third-order valence-corrected chi connectivity index (χ3v) is 3.88. The molecule has 1 aromatic carbocycles. The van der Waals surface area contributed by atoms with Crippen molar-refractivity contribution in [3.63, 3.8) is 0 Å². The van der Waals surface area contributed by atoms with Crippen LogP contribution < -0.4 is 4.90 Å². The maximum absolute atomic E-state index is 12.4. The number of piperazine rings is 1. The molecule has 0 unspecified atom stereocenters. The van der Waals surface area contributed by atoms with E-state index in [4.69, 9.17) is 11.6 Å². The van der Waals surface area contributed by atoms with E-state index in [1.165, 1.54) is 11.8 Å². The Kier molecular flexibility index (Phi) is 5.20. The molecule has 6 heteroatoms. The highest BCUT2D eigenvalue weighted by molar-refractivity contribution is 6.30. The van der Waals surface area contributed by atoms with Gasteiger partial charge in [0.2, 0.25) is 11.8 Å². The molecule has 0 atom stereocenters. The van der Waals surface area contributed by atoms with Crippen molar-refractivity contribution in [2.75, 3.05) is 44.7 Å². The summed E-state index contributed by atoms with van der Waals surface area (Å²) in [5.41, 5.74) is 0.650. The lowest BCUT2D eigenvalue weighted by Crippen LogP contribution is -2.50. The van der Waals surface area contributed by atoms with Crippen molar-refractivity contribution in [2.45, 2.75) is 6.92 Å². The molecule has 0 aliphatic carbocycles.